The third kappa shape index (κ3) is 3.91. The molecule has 0 aliphatic rings. The van der Waals surface area contributed by atoms with Crippen LogP contribution in [0.25, 0.3) is 5.70 Å². The van der Waals surface area contributed by atoms with Crippen molar-refractivity contribution in [3.63, 3.8) is 0 Å². The van der Waals surface area contributed by atoms with Gasteiger partial charge >= 0.3 is 11.9 Å². The largest absolute Gasteiger partial charge is 0.431 e. The summed E-state index contributed by atoms with van der Waals surface area (Å²) in [4.78, 5) is 24.7. The van der Waals surface area contributed by atoms with Gasteiger partial charge in [-0.25, -0.2) is 13.8 Å². The number of aromatic nitrogens is 2. The Morgan fingerprint density at radius 3 is 2.52 bits per heavy atom. The van der Waals surface area contributed by atoms with Crippen molar-refractivity contribution in [3.8, 4) is 0 Å². The van der Waals surface area contributed by atoms with Gasteiger partial charge in [0, 0.05) is 12.7 Å². The smallest absolute Gasteiger partial charge is 0.375 e. The molecule has 0 fully saturated rings. The number of allylic oxidation sites excluding steroid dienone is 2. The first kappa shape index (κ1) is 16.9. The van der Waals surface area contributed by atoms with E-state index in [0.29, 0.717) is 0 Å². The molecule has 0 bridgehead atoms. The zero-order valence-corrected chi connectivity index (χ0v) is 11.0. The second-order valence-corrected chi connectivity index (χ2v) is 3.79. The summed E-state index contributed by atoms with van der Waals surface area (Å²) in [7, 11) is 0. The first-order valence-electron chi connectivity index (χ1n) is 5.75. The van der Waals surface area contributed by atoms with Crippen molar-refractivity contribution >= 4 is 5.70 Å². The molecule has 0 radical (unpaired) electrons. The molecule has 9 heteroatoms. The summed E-state index contributed by atoms with van der Waals surface area (Å²) in [6.07, 6.45) is -4.04. The maximum atomic E-state index is 13.8. The second-order valence-electron chi connectivity index (χ2n) is 3.79. The zero-order chi connectivity index (χ0) is 16.2. The summed E-state index contributed by atoms with van der Waals surface area (Å²) in [6.45, 7) is 4.47. The van der Waals surface area contributed by atoms with Crippen LogP contribution in [-0.4, -0.2) is 22.8 Å². The summed E-state index contributed by atoms with van der Waals surface area (Å²) in [6, 6.07) is 0.166. The van der Waals surface area contributed by atoms with E-state index in [1.807, 2.05) is 0 Å². The lowest BCUT2D eigenvalue weighted by Crippen LogP contribution is -2.36. The summed E-state index contributed by atoms with van der Waals surface area (Å²) >= 11 is 0. The number of H-pyrrole nitrogens is 1. The van der Waals surface area contributed by atoms with Crippen molar-refractivity contribution in [1.82, 2.24) is 9.55 Å². The van der Waals surface area contributed by atoms with Gasteiger partial charge in [0.05, 0.1) is 5.70 Å². The number of aromatic amines is 1. The lowest BCUT2D eigenvalue weighted by molar-refractivity contribution is -0.141. The summed E-state index contributed by atoms with van der Waals surface area (Å²) in [5.41, 5.74) is -4.82. The molecule has 1 aromatic heterocycles. The van der Waals surface area contributed by atoms with E-state index in [1.165, 1.54) is 4.98 Å². The molecule has 0 saturated heterocycles. The molecule has 0 spiro atoms. The Morgan fingerprint density at radius 1 is 1.48 bits per heavy atom. The van der Waals surface area contributed by atoms with E-state index < -0.39 is 41.3 Å². The van der Waals surface area contributed by atoms with Crippen molar-refractivity contribution in [1.29, 1.82) is 0 Å². The first-order valence-corrected chi connectivity index (χ1v) is 5.75. The molecule has 0 unspecified atom stereocenters. The fourth-order valence-corrected chi connectivity index (χ4v) is 1.47. The van der Waals surface area contributed by atoms with Crippen molar-refractivity contribution in [2.45, 2.75) is 13.1 Å². The molecule has 0 aromatic carbocycles. The molecular weight excluding hydrogens is 296 g/mol. The maximum Gasteiger partial charge on any atom is 0.431 e. The van der Waals surface area contributed by atoms with Crippen LogP contribution in [0, 0.1) is 0 Å². The lowest BCUT2D eigenvalue weighted by Gasteiger charge is -2.10. The number of nitrogens with zero attached hydrogens (tertiary/aromatic N) is 1. The third-order valence-corrected chi connectivity index (χ3v) is 2.38. The van der Waals surface area contributed by atoms with Gasteiger partial charge in [-0.05, 0) is 13.0 Å². The predicted octanol–water partition coefficient (Wildman–Crippen LogP) is 1.92. The topological polar surface area (TPSA) is 64.1 Å². The van der Waals surface area contributed by atoms with Gasteiger partial charge < -0.3 is 9.72 Å². The monoisotopic (exact) mass is 308 g/mol. The van der Waals surface area contributed by atoms with Crippen molar-refractivity contribution in [3.05, 3.63) is 51.1 Å². The molecule has 0 amide bonds. The average molecular weight is 308 g/mol. The van der Waals surface area contributed by atoms with E-state index >= 15 is 0 Å². The highest BCUT2D eigenvalue weighted by Crippen LogP contribution is 2.25. The molecule has 116 valence electrons. The van der Waals surface area contributed by atoms with Gasteiger partial charge in [-0.1, -0.05) is 6.58 Å². The van der Waals surface area contributed by atoms with Gasteiger partial charge in [-0.15, -0.1) is 0 Å². The Kier molecular flexibility index (Phi) is 5.25. The second kappa shape index (κ2) is 6.53. The molecule has 1 aromatic rings. The van der Waals surface area contributed by atoms with E-state index in [1.54, 1.807) is 6.92 Å². The predicted molar refractivity (Wildman–Crippen MR) is 67.3 cm³/mol. The minimum atomic E-state index is -4.89. The standard InChI is InChI=1S/C12H12F4N2O3/c1-3-8(7(13)6-21-4-2)18-10(19)5-9(12(14,15)16)17-11(18)20/h3,5H,1,4,6H2,2H3,(H,17,20)/b8-7-. The quantitative estimate of drug-likeness (QED) is 0.667. The van der Waals surface area contributed by atoms with E-state index in [4.69, 9.17) is 4.74 Å². The van der Waals surface area contributed by atoms with Crippen LogP contribution in [0.15, 0.2) is 34.1 Å². The van der Waals surface area contributed by atoms with Crippen LogP contribution < -0.4 is 11.2 Å². The molecule has 1 heterocycles. The molecule has 0 atom stereocenters. The number of alkyl halides is 3. The molecule has 0 aliphatic heterocycles. The molecular formula is C12H12F4N2O3. The first-order chi connectivity index (χ1) is 9.72. The minimum absolute atomic E-state index is 0.166. The average Bonchev–Trinajstić information content (AvgIpc) is 2.38. The van der Waals surface area contributed by atoms with Gasteiger partial charge in [0.2, 0.25) is 0 Å². The van der Waals surface area contributed by atoms with Crippen LogP contribution in [0.3, 0.4) is 0 Å². The van der Waals surface area contributed by atoms with Crippen LogP contribution in [0.1, 0.15) is 12.6 Å². The molecule has 0 aliphatic carbocycles. The van der Waals surface area contributed by atoms with E-state index in [0.717, 1.165) is 6.08 Å². The fraction of sp³-hybridized carbons (Fsp3) is 0.333. The Hall–Kier alpha value is -2.16. The van der Waals surface area contributed by atoms with E-state index in [-0.39, 0.29) is 17.2 Å². The van der Waals surface area contributed by atoms with Crippen LogP contribution in [-0.2, 0) is 10.9 Å². The van der Waals surface area contributed by atoms with E-state index in [9.17, 15) is 27.2 Å². The zero-order valence-electron chi connectivity index (χ0n) is 11.0. The van der Waals surface area contributed by atoms with Gasteiger partial charge in [0.15, 0.2) is 0 Å². The molecule has 5 nitrogen and oxygen atoms in total. The van der Waals surface area contributed by atoms with Gasteiger partial charge in [0.1, 0.15) is 18.1 Å². The molecule has 0 saturated carbocycles. The van der Waals surface area contributed by atoms with Gasteiger partial charge in [-0.3, -0.25) is 4.79 Å². The number of ether oxygens (including phenoxy) is 1. The van der Waals surface area contributed by atoms with Crippen LogP contribution in [0.2, 0.25) is 0 Å². The Balaban J connectivity index is 3.47. The Labute approximate surface area is 116 Å². The normalized spacial score (nSPS) is 13.0. The van der Waals surface area contributed by atoms with Crippen LogP contribution in [0.5, 0.6) is 0 Å². The van der Waals surface area contributed by atoms with Crippen molar-refractivity contribution in [2.75, 3.05) is 13.2 Å². The Bertz CT molecular complexity index is 639. The SMILES string of the molecule is C=C/C(=C(/F)COCC)n1c(=O)cc(C(F)(F)F)[nH]c1=O. The summed E-state index contributed by atoms with van der Waals surface area (Å²) in [5.74, 6) is -1.00. The highest BCUT2D eigenvalue weighted by Gasteiger charge is 2.33. The van der Waals surface area contributed by atoms with Crippen molar-refractivity contribution < 1.29 is 22.3 Å². The number of hydrogen-bond acceptors (Lipinski definition) is 3. The van der Waals surface area contributed by atoms with Crippen LogP contribution >= 0.6 is 0 Å². The molecule has 21 heavy (non-hydrogen) atoms. The van der Waals surface area contributed by atoms with Crippen LogP contribution in [0.4, 0.5) is 17.6 Å². The Morgan fingerprint density at radius 2 is 2.10 bits per heavy atom. The number of halogens is 4. The highest BCUT2D eigenvalue weighted by molar-refractivity contribution is 5.58. The third-order valence-electron chi connectivity index (χ3n) is 2.38. The number of hydrogen-bond donors (Lipinski definition) is 1. The summed E-state index contributed by atoms with van der Waals surface area (Å²) < 4.78 is 56.1. The lowest BCUT2D eigenvalue weighted by atomic mass is 10.3. The molecule has 1 N–H and O–H groups in total. The highest BCUT2D eigenvalue weighted by atomic mass is 19.4. The van der Waals surface area contributed by atoms with Crippen molar-refractivity contribution in [2.24, 2.45) is 0 Å². The number of nitrogens with one attached hydrogen (secondary N) is 1. The summed E-state index contributed by atoms with van der Waals surface area (Å²) in [5, 5.41) is 0. The maximum absolute atomic E-state index is 13.8. The molecule has 1 rings (SSSR count). The fourth-order valence-electron chi connectivity index (χ4n) is 1.47. The number of rotatable bonds is 5. The van der Waals surface area contributed by atoms with E-state index in [2.05, 4.69) is 6.58 Å². The van der Waals surface area contributed by atoms with Gasteiger partial charge in [0.25, 0.3) is 5.56 Å². The van der Waals surface area contributed by atoms with Gasteiger partial charge in [-0.2, -0.15) is 13.2 Å². The minimum Gasteiger partial charge on any atom is -0.375 e.